The normalized spacial score (nSPS) is 10.8. The number of aromatic nitrogens is 3. The predicted octanol–water partition coefficient (Wildman–Crippen LogP) is 8.55. The van der Waals surface area contributed by atoms with Gasteiger partial charge in [-0.3, -0.25) is 0 Å². The minimum absolute atomic E-state index is 0. The number of benzene rings is 5. The van der Waals surface area contributed by atoms with Crippen molar-refractivity contribution in [2.24, 2.45) is 0 Å². The molecule has 0 fully saturated rings. The molecule has 7 aromatic rings. The molecular formula is C35H21N3OU. The summed E-state index contributed by atoms with van der Waals surface area (Å²) in [7, 11) is 0. The van der Waals surface area contributed by atoms with E-state index < -0.39 is 0 Å². The molecule has 7 rings (SSSR count). The van der Waals surface area contributed by atoms with Gasteiger partial charge in [-0.25, -0.2) is 20.5 Å². The third kappa shape index (κ3) is 5.14. The molecule has 0 aliphatic heterocycles. The van der Waals surface area contributed by atoms with Crippen LogP contribution >= 0.6 is 0 Å². The summed E-state index contributed by atoms with van der Waals surface area (Å²) in [6.07, 6.45) is 0. The Morgan fingerprint density at radius 2 is 1.20 bits per heavy atom. The van der Waals surface area contributed by atoms with Crippen LogP contribution in [0.4, 0.5) is 0 Å². The van der Waals surface area contributed by atoms with Crippen molar-refractivity contribution in [2.45, 2.75) is 0 Å². The molecule has 0 radical (unpaired) electrons. The SMILES string of the molecule is [U+2].[c-]1ccccc1-c1[c-]c(-c2nc(-c3cc4ccccc4o3)nc(-c3ccccc3-c3ccccc3)n2)ccc1. The van der Waals surface area contributed by atoms with Gasteiger partial charge in [0.05, 0.1) is 5.82 Å². The Labute approximate surface area is 256 Å². The monoisotopic (exact) mass is 737 g/mol. The maximum absolute atomic E-state index is 6.18. The standard InChI is InChI=1S/C35H21N3O.U/c1-3-12-24(13-4-1)26-17-11-18-28(22-26)33-36-34(30-20-9-8-19-29(30)25-14-5-2-6-15-25)38-35(37-33)32-23-27-16-7-10-21-31(27)39-32;/h1-12,14-21,23H;/q-2;+2. The molecule has 0 saturated heterocycles. The molecule has 5 aromatic carbocycles. The number of hydrogen-bond acceptors (Lipinski definition) is 4. The smallest absolute Gasteiger partial charge is 0.453 e. The molecule has 40 heavy (non-hydrogen) atoms. The van der Waals surface area contributed by atoms with E-state index in [9.17, 15) is 0 Å². The zero-order valence-corrected chi connectivity index (χ0v) is 25.5. The summed E-state index contributed by atoms with van der Waals surface area (Å²) >= 11 is 0. The van der Waals surface area contributed by atoms with Crippen molar-refractivity contribution >= 4 is 11.0 Å². The Morgan fingerprint density at radius 3 is 2.02 bits per heavy atom. The Balaban J connectivity index is 0.00000289. The van der Waals surface area contributed by atoms with Crippen LogP contribution in [0.5, 0.6) is 0 Å². The van der Waals surface area contributed by atoms with Crippen LogP contribution in [0, 0.1) is 43.2 Å². The van der Waals surface area contributed by atoms with Crippen molar-refractivity contribution in [1.82, 2.24) is 15.0 Å². The van der Waals surface area contributed by atoms with Crippen LogP contribution in [0.3, 0.4) is 0 Å². The van der Waals surface area contributed by atoms with E-state index in [0.29, 0.717) is 23.2 Å². The summed E-state index contributed by atoms with van der Waals surface area (Å²) in [5, 5.41) is 0.994. The molecule has 0 amide bonds. The Bertz CT molecular complexity index is 1880. The first-order valence-corrected chi connectivity index (χ1v) is 12.7. The predicted molar refractivity (Wildman–Crippen MR) is 154 cm³/mol. The fourth-order valence-electron chi connectivity index (χ4n) is 4.68. The third-order valence-electron chi connectivity index (χ3n) is 6.57. The molecule has 5 heteroatoms. The summed E-state index contributed by atoms with van der Waals surface area (Å²) in [5.41, 5.74) is 6.48. The van der Waals surface area contributed by atoms with Crippen molar-refractivity contribution in [2.75, 3.05) is 0 Å². The quantitative estimate of drug-likeness (QED) is 0.166. The Hall–Kier alpha value is -4.30. The van der Waals surface area contributed by atoms with Crippen molar-refractivity contribution in [3.8, 4) is 56.6 Å². The first-order valence-electron chi connectivity index (χ1n) is 12.7. The van der Waals surface area contributed by atoms with Gasteiger partial charge < -0.3 is 4.42 Å². The molecule has 2 heterocycles. The molecule has 0 aliphatic carbocycles. The van der Waals surface area contributed by atoms with E-state index in [1.165, 1.54) is 0 Å². The molecule has 2 aromatic heterocycles. The maximum atomic E-state index is 6.18. The van der Waals surface area contributed by atoms with Gasteiger partial charge in [-0.2, -0.15) is 42.0 Å². The first-order chi connectivity index (χ1) is 19.3. The van der Waals surface area contributed by atoms with E-state index in [0.717, 1.165) is 44.3 Å². The molecule has 0 spiro atoms. The van der Waals surface area contributed by atoms with Crippen LogP contribution in [0.1, 0.15) is 0 Å². The number of hydrogen-bond donors (Lipinski definition) is 0. The van der Waals surface area contributed by atoms with E-state index in [-0.39, 0.29) is 31.1 Å². The second kappa shape index (κ2) is 11.4. The number of furan rings is 1. The van der Waals surface area contributed by atoms with Gasteiger partial charge in [-0.15, -0.1) is 18.2 Å². The molecule has 0 bridgehead atoms. The van der Waals surface area contributed by atoms with E-state index in [1.807, 2.05) is 109 Å². The summed E-state index contributed by atoms with van der Waals surface area (Å²) in [6.45, 7) is 0. The van der Waals surface area contributed by atoms with Crippen LogP contribution in [-0.2, 0) is 0 Å². The number of nitrogens with zero attached hydrogens (tertiary/aromatic N) is 3. The summed E-state index contributed by atoms with van der Waals surface area (Å²) < 4.78 is 6.18. The third-order valence-corrected chi connectivity index (χ3v) is 6.57. The van der Waals surface area contributed by atoms with Crippen LogP contribution in [-0.4, -0.2) is 15.0 Å². The molecule has 0 N–H and O–H groups in total. The van der Waals surface area contributed by atoms with E-state index in [4.69, 9.17) is 19.4 Å². The minimum Gasteiger partial charge on any atom is -0.453 e. The van der Waals surface area contributed by atoms with Crippen LogP contribution in [0.2, 0.25) is 0 Å². The van der Waals surface area contributed by atoms with Crippen LogP contribution in [0.25, 0.3) is 67.6 Å². The molecule has 186 valence electrons. The molecule has 0 unspecified atom stereocenters. The fraction of sp³-hybridized carbons (Fsp3) is 0. The second-order valence-corrected chi connectivity index (χ2v) is 9.12. The first kappa shape index (κ1) is 26.0. The number of para-hydroxylation sites is 1. The van der Waals surface area contributed by atoms with Crippen molar-refractivity contribution in [3.63, 3.8) is 0 Å². The number of rotatable bonds is 5. The second-order valence-electron chi connectivity index (χ2n) is 9.12. The van der Waals surface area contributed by atoms with Gasteiger partial charge in [0.1, 0.15) is 5.58 Å². The molecule has 0 atom stereocenters. The summed E-state index contributed by atoms with van der Waals surface area (Å²) in [5.74, 6) is 2.15. The zero-order chi connectivity index (χ0) is 26.0. The van der Waals surface area contributed by atoms with Crippen LogP contribution < -0.4 is 0 Å². The van der Waals surface area contributed by atoms with E-state index in [2.05, 4.69) is 30.3 Å². The van der Waals surface area contributed by atoms with Crippen molar-refractivity contribution in [1.29, 1.82) is 0 Å². The average Bonchev–Trinajstić information content (AvgIpc) is 3.47. The van der Waals surface area contributed by atoms with Gasteiger partial charge in [0.2, 0.25) is 0 Å². The molecule has 0 aliphatic rings. The van der Waals surface area contributed by atoms with Gasteiger partial charge >= 0.3 is 31.1 Å². The van der Waals surface area contributed by atoms with Gasteiger partial charge in [0, 0.05) is 10.9 Å². The largest absolute Gasteiger partial charge is 2.00 e. The Morgan fingerprint density at radius 1 is 0.525 bits per heavy atom. The van der Waals surface area contributed by atoms with Gasteiger partial charge in [0.25, 0.3) is 0 Å². The Kier molecular flexibility index (Phi) is 7.42. The summed E-state index contributed by atoms with van der Waals surface area (Å²) in [6, 6.07) is 48.9. The average molecular weight is 738 g/mol. The number of fused-ring (bicyclic) bond motifs is 1. The minimum atomic E-state index is 0. The van der Waals surface area contributed by atoms with Gasteiger partial charge in [0.15, 0.2) is 17.4 Å². The fourth-order valence-corrected chi connectivity index (χ4v) is 4.68. The molecule has 0 saturated carbocycles. The van der Waals surface area contributed by atoms with Gasteiger partial charge in [-0.05, 0) is 23.3 Å². The van der Waals surface area contributed by atoms with E-state index in [1.54, 1.807) is 0 Å². The van der Waals surface area contributed by atoms with Gasteiger partial charge in [-0.1, -0.05) is 78.4 Å². The van der Waals surface area contributed by atoms with Crippen molar-refractivity contribution < 1.29 is 35.5 Å². The molecular weight excluding hydrogens is 716 g/mol. The van der Waals surface area contributed by atoms with E-state index >= 15 is 0 Å². The zero-order valence-electron chi connectivity index (χ0n) is 21.4. The maximum Gasteiger partial charge on any atom is 2.00 e. The topological polar surface area (TPSA) is 51.8 Å². The van der Waals surface area contributed by atoms with Crippen LogP contribution in [0.15, 0.2) is 132 Å². The van der Waals surface area contributed by atoms with Crippen molar-refractivity contribution in [3.05, 3.63) is 140 Å². The summed E-state index contributed by atoms with van der Waals surface area (Å²) in [4.78, 5) is 14.8. The molecule has 4 nitrogen and oxygen atoms in total.